The third-order valence-corrected chi connectivity index (χ3v) is 4.50. The molecule has 132 valence electrons. The maximum atomic E-state index is 13.3. The number of piperazine rings is 1. The zero-order valence-electron chi connectivity index (χ0n) is 13.9. The fraction of sp³-hybridized carbons (Fsp3) is 0.211. The van der Waals surface area contributed by atoms with Gasteiger partial charge in [0.1, 0.15) is 11.3 Å². The number of carbonyl (C=O) groups is 2. The van der Waals surface area contributed by atoms with E-state index in [4.69, 9.17) is 4.42 Å². The third-order valence-electron chi connectivity index (χ3n) is 4.50. The van der Waals surface area contributed by atoms with E-state index in [9.17, 15) is 14.0 Å². The summed E-state index contributed by atoms with van der Waals surface area (Å²) in [5.74, 6) is -0.763. The number of aromatic nitrogens is 1. The predicted molar refractivity (Wildman–Crippen MR) is 92.2 cm³/mol. The van der Waals surface area contributed by atoms with Gasteiger partial charge in [0.15, 0.2) is 12.0 Å². The van der Waals surface area contributed by atoms with E-state index in [0.29, 0.717) is 48.4 Å². The molecule has 2 amide bonds. The molecule has 1 aromatic heterocycles. The van der Waals surface area contributed by atoms with Crippen molar-refractivity contribution < 1.29 is 18.4 Å². The highest BCUT2D eigenvalue weighted by molar-refractivity contribution is 5.97. The largest absolute Gasteiger partial charge is 0.443 e. The Hall–Kier alpha value is -3.22. The second kappa shape index (κ2) is 6.59. The van der Waals surface area contributed by atoms with Crippen LogP contribution in [0.1, 0.15) is 20.7 Å². The van der Waals surface area contributed by atoms with Crippen molar-refractivity contribution in [3.63, 3.8) is 0 Å². The lowest BCUT2D eigenvalue weighted by Crippen LogP contribution is -2.50. The number of amides is 2. The Morgan fingerprint density at radius 3 is 2.23 bits per heavy atom. The second-order valence-electron chi connectivity index (χ2n) is 6.13. The number of fused-ring (bicyclic) bond motifs is 1. The number of hydrogen-bond donors (Lipinski definition) is 0. The fourth-order valence-corrected chi connectivity index (χ4v) is 3.09. The molecule has 2 heterocycles. The molecule has 0 N–H and O–H groups in total. The normalized spacial score (nSPS) is 14.7. The lowest BCUT2D eigenvalue weighted by molar-refractivity contribution is 0.0535. The molecular formula is C19H16FN3O3. The van der Waals surface area contributed by atoms with Crippen molar-refractivity contribution in [1.29, 1.82) is 0 Å². The molecule has 0 atom stereocenters. The molecular weight excluding hydrogens is 337 g/mol. The maximum Gasteiger partial charge on any atom is 0.254 e. The van der Waals surface area contributed by atoms with Crippen molar-refractivity contribution in [2.24, 2.45) is 0 Å². The Bertz CT molecular complexity index is 977. The molecule has 0 spiro atoms. The van der Waals surface area contributed by atoms with Crippen molar-refractivity contribution >= 4 is 22.9 Å². The second-order valence-corrected chi connectivity index (χ2v) is 6.13. The van der Waals surface area contributed by atoms with Crippen molar-refractivity contribution in [3.05, 3.63) is 65.8 Å². The maximum absolute atomic E-state index is 13.3. The number of benzene rings is 2. The Balaban J connectivity index is 1.42. The lowest BCUT2D eigenvalue weighted by Gasteiger charge is -2.34. The first kappa shape index (κ1) is 16.3. The van der Waals surface area contributed by atoms with Crippen LogP contribution in [0.2, 0.25) is 0 Å². The Morgan fingerprint density at radius 1 is 0.923 bits per heavy atom. The molecule has 0 radical (unpaired) electrons. The highest BCUT2D eigenvalue weighted by atomic mass is 19.1. The first-order valence-corrected chi connectivity index (χ1v) is 8.29. The minimum Gasteiger partial charge on any atom is -0.443 e. The van der Waals surface area contributed by atoms with Crippen LogP contribution in [-0.4, -0.2) is 52.8 Å². The van der Waals surface area contributed by atoms with Crippen LogP contribution in [0.15, 0.2) is 53.3 Å². The van der Waals surface area contributed by atoms with Gasteiger partial charge in [-0.3, -0.25) is 9.59 Å². The van der Waals surface area contributed by atoms with Crippen LogP contribution in [0, 0.1) is 5.82 Å². The van der Waals surface area contributed by atoms with Crippen LogP contribution in [-0.2, 0) is 0 Å². The van der Waals surface area contributed by atoms with E-state index in [1.807, 2.05) is 0 Å². The number of hydrogen-bond acceptors (Lipinski definition) is 4. The van der Waals surface area contributed by atoms with Gasteiger partial charge in [-0.05, 0) is 36.4 Å². The average Bonchev–Trinajstić information content (AvgIpc) is 3.15. The van der Waals surface area contributed by atoms with Crippen molar-refractivity contribution in [3.8, 4) is 0 Å². The molecule has 6 nitrogen and oxygen atoms in total. The van der Waals surface area contributed by atoms with Gasteiger partial charge in [-0.1, -0.05) is 6.07 Å². The summed E-state index contributed by atoms with van der Waals surface area (Å²) in [6, 6.07) is 10.8. The highest BCUT2D eigenvalue weighted by Gasteiger charge is 2.26. The van der Waals surface area contributed by atoms with E-state index in [1.165, 1.54) is 24.6 Å². The van der Waals surface area contributed by atoms with Crippen molar-refractivity contribution in [2.45, 2.75) is 0 Å². The first-order chi connectivity index (χ1) is 12.6. The molecule has 7 heteroatoms. The zero-order chi connectivity index (χ0) is 18.1. The molecule has 0 saturated carbocycles. The highest BCUT2D eigenvalue weighted by Crippen LogP contribution is 2.17. The zero-order valence-corrected chi connectivity index (χ0v) is 13.9. The number of carbonyl (C=O) groups excluding carboxylic acids is 2. The minimum absolute atomic E-state index is 0.104. The Morgan fingerprint density at radius 2 is 1.58 bits per heavy atom. The van der Waals surface area contributed by atoms with Crippen molar-refractivity contribution in [2.75, 3.05) is 26.2 Å². The quantitative estimate of drug-likeness (QED) is 0.710. The minimum atomic E-state index is -0.437. The third kappa shape index (κ3) is 3.03. The van der Waals surface area contributed by atoms with E-state index < -0.39 is 5.82 Å². The van der Waals surface area contributed by atoms with E-state index in [1.54, 1.807) is 34.1 Å². The van der Waals surface area contributed by atoms with Gasteiger partial charge in [-0.25, -0.2) is 9.37 Å². The van der Waals surface area contributed by atoms with Gasteiger partial charge in [0.2, 0.25) is 0 Å². The summed E-state index contributed by atoms with van der Waals surface area (Å²) >= 11 is 0. The van der Waals surface area contributed by atoms with Crippen LogP contribution in [0.25, 0.3) is 11.1 Å². The molecule has 0 bridgehead atoms. The summed E-state index contributed by atoms with van der Waals surface area (Å²) < 4.78 is 18.5. The summed E-state index contributed by atoms with van der Waals surface area (Å²) in [4.78, 5) is 32.5. The van der Waals surface area contributed by atoms with Crippen molar-refractivity contribution in [1.82, 2.24) is 14.8 Å². The van der Waals surface area contributed by atoms with Gasteiger partial charge in [0, 0.05) is 37.3 Å². The summed E-state index contributed by atoms with van der Waals surface area (Å²) in [6.07, 6.45) is 1.34. The molecule has 0 unspecified atom stereocenters. The summed E-state index contributed by atoms with van der Waals surface area (Å²) in [6.45, 7) is 1.67. The summed E-state index contributed by atoms with van der Waals surface area (Å²) in [5.41, 5.74) is 2.13. The summed E-state index contributed by atoms with van der Waals surface area (Å²) in [5, 5.41) is 0. The molecule has 2 aromatic carbocycles. The molecule has 0 aliphatic carbocycles. The molecule has 3 aromatic rings. The van der Waals surface area contributed by atoms with Gasteiger partial charge in [-0.2, -0.15) is 0 Å². The van der Waals surface area contributed by atoms with Gasteiger partial charge in [0.25, 0.3) is 11.8 Å². The summed E-state index contributed by atoms with van der Waals surface area (Å²) in [7, 11) is 0. The SMILES string of the molecule is O=C(c1cccc(F)c1)N1CCN(C(=O)c2ccc3ocnc3c2)CC1. The van der Waals surface area contributed by atoms with Crippen LogP contribution in [0.5, 0.6) is 0 Å². The molecule has 26 heavy (non-hydrogen) atoms. The number of rotatable bonds is 2. The number of nitrogens with zero attached hydrogens (tertiary/aromatic N) is 3. The fourth-order valence-electron chi connectivity index (χ4n) is 3.09. The van der Waals surface area contributed by atoms with Gasteiger partial charge >= 0.3 is 0 Å². The monoisotopic (exact) mass is 353 g/mol. The van der Waals surface area contributed by atoms with E-state index in [-0.39, 0.29) is 11.8 Å². The van der Waals surface area contributed by atoms with E-state index in [0.717, 1.165) is 0 Å². The van der Waals surface area contributed by atoms with E-state index >= 15 is 0 Å². The van der Waals surface area contributed by atoms with Crippen LogP contribution in [0.4, 0.5) is 4.39 Å². The van der Waals surface area contributed by atoms with Gasteiger partial charge < -0.3 is 14.2 Å². The molecule has 1 aliphatic rings. The average molecular weight is 353 g/mol. The predicted octanol–water partition coefficient (Wildman–Crippen LogP) is 2.57. The molecule has 1 aliphatic heterocycles. The smallest absolute Gasteiger partial charge is 0.254 e. The Kier molecular flexibility index (Phi) is 4.12. The first-order valence-electron chi connectivity index (χ1n) is 8.29. The molecule has 1 fully saturated rings. The van der Waals surface area contributed by atoms with E-state index in [2.05, 4.69) is 4.98 Å². The van der Waals surface area contributed by atoms with Gasteiger partial charge in [-0.15, -0.1) is 0 Å². The standard InChI is InChI=1S/C19H16FN3O3/c20-15-3-1-2-13(10-15)18(24)22-6-8-23(9-7-22)19(25)14-4-5-17-16(11-14)21-12-26-17/h1-5,10-12H,6-9H2. The lowest BCUT2D eigenvalue weighted by atomic mass is 10.1. The van der Waals surface area contributed by atoms with Crippen LogP contribution < -0.4 is 0 Å². The number of oxazole rings is 1. The van der Waals surface area contributed by atoms with Gasteiger partial charge in [0.05, 0.1) is 0 Å². The topological polar surface area (TPSA) is 66.7 Å². The number of halogens is 1. The molecule has 4 rings (SSSR count). The molecule has 1 saturated heterocycles. The van der Waals surface area contributed by atoms with Crippen LogP contribution >= 0.6 is 0 Å². The Labute approximate surface area is 148 Å². The van der Waals surface area contributed by atoms with Crippen LogP contribution in [0.3, 0.4) is 0 Å².